The zero-order chi connectivity index (χ0) is 20.1. The lowest BCUT2D eigenvalue weighted by Crippen LogP contribution is -2.29. The van der Waals surface area contributed by atoms with Gasteiger partial charge in [-0.1, -0.05) is 12.1 Å². The molecule has 0 amide bonds. The molecule has 0 bridgehead atoms. The summed E-state index contributed by atoms with van der Waals surface area (Å²) in [5.41, 5.74) is 1.44. The van der Waals surface area contributed by atoms with Crippen molar-refractivity contribution in [2.24, 2.45) is 0 Å². The van der Waals surface area contributed by atoms with Crippen LogP contribution < -0.4 is 20.1 Å². The Labute approximate surface area is 169 Å². The molecule has 0 spiro atoms. The minimum Gasteiger partial charge on any atom is -0.508 e. The average Bonchev–Trinajstić information content (AvgIpc) is 3.27. The third-order valence-electron chi connectivity index (χ3n) is 4.83. The fraction of sp³-hybridized carbons (Fsp3) is 0.273. The fourth-order valence-electron chi connectivity index (χ4n) is 3.27. The Morgan fingerprint density at radius 2 is 2.00 bits per heavy atom. The lowest BCUT2D eigenvalue weighted by atomic mass is 10.2. The van der Waals surface area contributed by atoms with Gasteiger partial charge in [-0.3, -0.25) is 0 Å². The number of aromatic nitrogens is 2. The van der Waals surface area contributed by atoms with E-state index in [0.717, 1.165) is 30.9 Å². The number of hydrogen-bond donors (Lipinski definition) is 3. The van der Waals surface area contributed by atoms with Crippen molar-refractivity contribution in [3.8, 4) is 34.5 Å². The number of nitrogens with one attached hydrogen (secondary N) is 2. The molecule has 7 heteroatoms. The lowest BCUT2D eigenvalue weighted by Gasteiger charge is -2.16. The summed E-state index contributed by atoms with van der Waals surface area (Å²) in [5.74, 6) is 2.48. The summed E-state index contributed by atoms with van der Waals surface area (Å²) in [4.78, 5) is 9.07. The second-order valence-corrected chi connectivity index (χ2v) is 6.91. The van der Waals surface area contributed by atoms with E-state index in [1.165, 1.54) is 6.42 Å². The van der Waals surface area contributed by atoms with Gasteiger partial charge in [-0.25, -0.2) is 4.98 Å². The van der Waals surface area contributed by atoms with Gasteiger partial charge in [-0.05, 0) is 55.8 Å². The zero-order valence-corrected chi connectivity index (χ0v) is 16.3. The Hall–Kier alpha value is -3.32. The molecule has 1 aromatic heterocycles. The van der Waals surface area contributed by atoms with Crippen molar-refractivity contribution in [2.45, 2.75) is 18.9 Å². The third kappa shape index (κ3) is 4.75. The summed E-state index contributed by atoms with van der Waals surface area (Å²) >= 11 is 0. The number of rotatable bonds is 7. The van der Waals surface area contributed by atoms with Crippen LogP contribution in [0.1, 0.15) is 12.8 Å². The van der Waals surface area contributed by atoms with Crippen LogP contribution >= 0.6 is 0 Å². The van der Waals surface area contributed by atoms with Crippen molar-refractivity contribution >= 4 is 5.69 Å². The molecule has 1 fully saturated rings. The van der Waals surface area contributed by atoms with E-state index in [4.69, 9.17) is 9.47 Å². The van der Waals surface area contributed by atoms with Crippen LogP contribution in [0.25, 0.3) is 11.4 Å². The molecule has 29 heavy (non-hydrogen) atoms. The van der Waals surface area contributed by atoms with Gasteiger partial charge in [-0.15, -0.1) is 0 Å². The second kappa shape index (κ2) is 8.79. The first-order chi connectivity index (χ1) is 14.2. The Kier molecular flexibility index (Phi) is 5.76. The van der Waals surface area contributed by atoms with Gasteiger partial charge in [-0.2, -0.15) is 4.98 Å². The zero-order valence-electron chi connectivity index (χ0n) is 16.3. The molecule has 0 aliphatic carbocycles. The first kappa shape index (κ1) is 19.0. The van der Waals surface area contributed by atoms with Crippen molar-refractivity contribution in [2.75, 3.05) is 25.5 Å². The average molecular weight is 392 g/mol. The Bertz CT molecular complexity index is 957. The summed E-state index contributed by atoms with van der Waals surface area (Å²) in [6, 6.07) is 14.6. The van der Waals surface area contributed by atoms with E-state index >= 15 is 0 Å². The van der Waals surface area contributed by atoms with E-state index in [0.29, 0.717) is 29.1 Å². The molecule has 0 radical (unpaired) electrons. The van der Waals surface area contributed by atoms with Gasteiger partial charge in [0.15, 0.2) is 5.82 Å². The van der Waals surface area contributed by atoms with Gasteiger partial charge < -0.3 is 25.2 Å². The second-order valence-electron chi connectivity index (χ2n) is 6.91. The number of benzene rings is 2. The highest BCUT2D eigenvalue weighted by molar-refractivity contribution is 5.62. The number of phenolic OH excluding ortho intramolecular Hbond substituents is 1. The number of methoxy groups -OCH3 is 1. The van der Waals surface area contributed by atoms with E-state index in [-0.39, 0.29) is 5.75 Å². The molecule has 0 unspecified atom stereocenters. The van der Waals surface area contributed by atoms with Gasteiger partial charge in [0.25, 0.3) is 0 Å². The Balaban J connectivity index is 1.61. The number of hydrogen-bond acceptors (Lipinski definition) is 7. The van der Waals surface area contributed by atoms with E-state index in [2.05, 4.69) is 20.6 Å². The fourth-order valence-corrected chi connectivity index (χ4v) is 3.27. The summed E-state index contributed by atoms with van der Waals surface area (Å²) in [6.07, 6.45) is 4.05. The minimum atomic E-state index is 0.165. The summed E-state index contributed by atoms with van der Waals surface area (Å²) in [7, 11) is 1.63. The monoisotopic (exact) mass is 392 g/mol. The van der Waals surface area contributed by atoms with Gasteiger partial charge >= 0.3 is 0 Å². The first-order valence-corrected chi connectivity index (χ1v) is 9.67. The minimum absolute atomic E-state index is 0.165. The molecule has 3 aromatic rings. The van der Waals surface area contributed by atoms with Crippen LogP contribution in [0.4, 0.5) is 5.69 Å². The largest absolute Gasteiger partial charge is 0.508 e. The highest BCUT2D eigenvalue weighted by Crippen LogP contribution is 2.31. The molecule has 150 valence electrons. The smallest absolute Gasteiger partial charge is 0.246 e. The van der Waals surface area contributed by atoms with Crippen molar-refractivity contribution in [3.63, 3.8) is 0 Å². The van der Waals surface area contributed by atoms with Crippen LogP contribution in [0.2, 0.25) is 0 Å². The Morgan fingerprint density at radius 1 is 1.17 bits per heavy atom. The predicted octanol–water partition coefficient (Wildman–Crippen LogP) is 3.81. The quantitative estimate of drug-likeness (QED) is 0.563. The van der Waals surface area contributed by atoms with Gasteiger partial charge in [0.2, 0.25) is 5.88 Å². The number of nitrogens with zero attached hydrogens (tertiary/aromatic N) is 2. The molecular formula is C22H24N4O3. The number of phenols is 1. The molecule has 4 rings (SSSR count). The molecule has 1 saturated heterocycles. The van der Waals surface area contributed by atoms with Crippen LogP contribution in [0.15, 0.2) is 54.7 Å². The van der Waals surface area contributed by atoms with E-state index in [1.54, 1.807) is 31.5 Å². The number of anilines is 1. The van der Waals surface area contributed by atoms with Crippen molar-refractivity contribution in [3.05, 3.63) is 54.7 Å². The topological polar surface area (TPSA) is 88.5 Å². The molecule has 2 aromatic carbocycles. The maximum Gasteiger partial charge on any atom is 0.246 e. The van der Waals surface area contributed by atoms with Crippen LogP contribution in [-0.2, 0) is 0 Å². The SMILES string of the molecule is COc1ccc(Oc2nc(-c3cccc(O)c3)ncc2NC[C@@H]2CCCN2)cc1. The predicted molar refractivity (Wildman–Crippen MR) is 112 cm³/mol. The van der Waals surface area contributed by atoms with Crippen LogP contribution in [0, 0.1) is 0 Å². The molecule has 1 aliphatic rings. The maximum absolute atomic E-state index is 9.77. The number of aromatic hydroxyl groups is 1. The molecule has 0 saturated carbocycles. The maximum atomic E-state index is 9.77. The first-order valence-electron chi connectivity index (χ1n) is 9.67. The molecular weight excluding hydrogens is 368 g/mol. The van der Waals surface area contributed by atoms with Crippen LogP contribution in [0.5, 0.6) is 23.1 Å². The highest BCUT2D eigenvalue weighted by Gasteiger charge is 2.16. The van der Waals surface area contributed by atoms with Gasteiger partial charge in [0, 0.05) is 18.2 Å². The number of ether oxygens (including phenoxy) is 2. The van der Waals surface area contributed by atoms with Crippen LogP contribution in [-0.4, -0.2) is 41.3 Å². The lowest BCUT2D eigenvalue weighted by molar-refractivity contribution is 0.412. The molecule has 1 aliphatic heterocycles. The Morgan fingerprint density at radius 3 is 2.72 bits per heavy atom. The molecule has 2 heterocycles. The van der Waals surface area contributed by atoms with Crippen LogP contribution in [0.3, 0.4) is 0 Å². The van der Waals surface area contributed by atoms with E-state index in [9.17, 15) is 5.11 Å². The van der Waals surface area contributed by atoms with Crippen molar-refractivity contribution in [1.29, 1.82) is 0 Å². The van der Waals surface area contributed by atoms with E-state index < -0.39 is 0 Å². The molecule has 3 N–H and O–H groups in total. The third-order valence-corrected chi connectivity index (χ3v) is 4.83. The summed E-state index contributed by atoms with van der Waals surface area (Å²) in [6.45, 7) is 1.82. The normalized spacial score (nSPS) is 15.8. The van der Waals surface area contributed by atoms with E-state index in [1.807, 2.05) is 30.3 Å². The summed E-state index contributed by atoms with van der Waals surface area (Å²) < 4.78 is 11.3. The van der Waals surface area contributed by atoms with Gasteiger partial charge in [0.05, 0.1) is 13.3 Å². The molecule has 7 nitrogen and oxygen atoms in total. The summed E-state index contributed by atoms with van der Waals surface area (Å²) in [5, 5.41) is 16.6. The van der Waals surface area contributed by atoms with Crippen molar-refractivity contribution < 1.29 is 14.6 Å². The molecule has 1 atom stereocenters. The van der Waals surface area contributed by atoms with Gasteiger partial charge in [0.1, 0.15) is 22.9 Å². The van der Waals surface area contributed by atoms with Crippen molar-refractivity contribution in [1.82, 2.24) is 15.3 Å². The standard InChI is InChI=1S/C22H24N4O3/c1-28-18-7-9-19(10-8-18)29-22-20(24-13-16-5-3-11-23-16)14-25-21(26-22)15-4-2-6-17(27)12-15/h2,4,6-10,12,14,16,23-24,27H,3,5,11,13H2,1H3/t16-/m0/s1. The highest BCUT2D eigenvalue weighted by atomic mass is 16.5.